The van der Waals surface area contributed by atoms with E-state index in [0.717, 1.165) is 11.3 Å². The smallest absolute Gasteiger partial charge is 0.274 e. The van der Waals surface area contributed by atoms with Gasteiger partial charge in [0, 0.05) is 31.0 Å². The van der Waals surface area contributed by atoms with Crippen LogP contribution in [0.15, 0.2) is 60.8 Å². The van der Waals surface area contributed by atoms with Crippen LogP contribution >= 0.6 is 0 Å². The van der Waals surface area contributed by atoms with E-state index in [1.807, 2.05) is 24.3 Å². The van der Waals surface area contributed by atoms with Crippen LogP contribution in [0.1, 0.15) is 23.0 Å². The molecule has 2 aromatic carbocycles. The summed E-state index contributed by atoms with van der Waals surface area (Å²) in [4.78, 5) is 32.1. The average Bonchev–Trinajstić information content (AvgIpc) is 2.72. The predicted molar refractivity (Wildman–Crippen MR) is 111 cm³/mol. The molecule has 0 radical (unpaired) electrons. The number of methoxy groups -OCH3 is 1. The summed E-state index contributed by atoms with van der Waals surface area (Å²) in [5, 5.41) is 8.53. The highest BCUT2D eigenvalue weighted by atomic mass is 16.5. The second-order valence-corrected chi connectivity index (χ2v) is 6.18. The molecule has 0 aliphatic carbocycles. The zero-order valence-corrected chi connectivity index (χ0v) is 16.1. The quantitative estimate of drug-likeness (QED) is 0.571. The monoisotopic (exact) mass is 391 g/mol. The molecule has 8 nitrogen and oxygen atoms in total. The van der Waals surface area contributed by atoms with E-state index in [-0.39, 0.29) is 17.5 Å². The van der Waals surface area contributed by atoms with Crippen molar-refractivity contribution < 1.29 is 14.3 Å². The molecule has 1 aromatic heterocycles. The summed E-state index contributed by atoms with van der Waals surface area (Å²) < 4.78 is 5.14. The molecule has 29 heavy (non-hydrogen) atoms. The maximum atomic E-state index is 12.5. The number of benzene rings is 2. The van der Waals surface area contributed by atoms with Crippen LogP contribution in [0.4, 0.5) is 17.3 Å². The molecule has 0 unspecified atom stereocenters. The van der Waals surface area contributed by atoms with Gasteiger partial charge in [-0.3, -0.25) is 9.59 Å². The summed E-state index contributed by atoms with van der Waals surface area (Å²) in [5.41, 5.74) is 2.40. The van der Waals surface area contributed by atoms with Gasteiger partial charge in [0.05, 0.1) is 7.11 Å². The molecule has 0 spiro atoms. The molecule has 3 N–H and O–H groups in total. The first kappa shape index (κ1) is 19.8. The fourth-order valence-corrected chi connectivity index (χ4v) is 2.57. The molecule has 0 aliphatic rings. The summed E-state index contributed by atoms with van der Waals surface area (Å²) in [6, 6.07) is 16.0. The van der Waals surface area contributed by atoms with E-state index in [1.54, 1.807) is 31.4 Å². The van der Waals surface area contributed by atoms with Gasteiger partial charge in [0.25, 0.3) is 5.91 Å². The highest BCUT2D eigenvalue weighted by molar-refractivity contribution is 6.03. The van der Waals surface area contributed by atoms with Crippen molar-refractivity contribution in [3.63, 3.8) is 0 Å². The zero-order valence-electron chi connectivity index (χ0n) is 16.1. The van der Waals surface area contributed by atoms with E-state index >= 15 is 0 Å². The Kier molecular flexibility index (Phi) is 6.36. The number of ether oxygens (including phenoxy) is 1. The fraction of sp³-hybridized carbons (Fsp3) is 0.143. The third-order valence-electron chi connectivity index (χ3n) is 3.94. The molecule has 2 amide bonds. The molecule has 0 fully saturated rings. The molecule has 0 bridgehead atoms. The van der Waals surface area contributed by atoms with E-state index in [0.29, 0.717) is 23.9 Å². The Morgan fingerprint density at radius 1 is 1.00 bits per heavy atom. The lowest BCUT2D eigenvalue weighted by atomic mass is 10.2. The maximum Gasteiger partial charge on any atom is 0.274 e. The second-order valence-electron chi connectivity index (χ2n) is 6.18. The van der Waals surface area contributed by atoms with E-state index in [2.05, 4.69) is 25.9 Å². The topological polar surface area (TPSA) is 105 Å². The van der Waals surface area contributed by atoms with Crippen LogP contribution in [0.5, 0.6) is 5.75 Å². The Bertz CT molecular complexity index is 1010. The number of amides is 2. The van der Waals surface area contributed by atoms with E-state index in [9.17, 15) is 9.59 Å². The Hall–Kier alpha value is -3.94. The minimum absolute atomic E-state index is 0.183. The molecule has 3 aromatic rings. The first-order valence-corrected chi connectivity index (χ1v) is 8.92. The predicted octanol–water partition coefficient (Wildman–Crippen LogP) is 3.31. The van der Waals surface area contributed by atoms with Crippen molar-refractivity contribution in [1.29, 1.82) is 0 Å². The molecular weight excluding hydrogens is 370 g/mol. The Morgan fingerprint density at radius 3 is 2.41 bits per heavy atom. The third kappa shape index (κ3) is 5.77. The molecule has 0 saturated carbocycles. The van der Waals surface area contributed by atoms with Crippen molar-refractivity contribution in [2.24, 2.45) is 0 Å². The standard InChI is InChI=1S/C21H21N5O3/c1-14(27)24-16-4-3-5-17(12-16)25-20(28)19-10-11-22-21(26-19)23-13-15-6-8-18(29-2)9-7-15/h3-12H,13H2,1-2H3,(H,24,27)(H,25,28)(H,22,23,26). The largest absolute Gasteiger partial charge is 0.497 e. The molecular formula is C21H21N5O3. The summed E-state index contributed by atoms with van der Waals surface area (Å²) in [5.74, 6) is 0.573. The minimum atomic E-state index is -0.375. The Labute approximate surface area is 168 Å². The summed E-state index contributed by atoms with van der Waals surface area (Å²) in [7, 11) is 1.62. The van der Waals surface area contributed by atoms with Crippen LogP contribution in [-0.2, 0) is 11.3 Å². The van der Waals surface area contributed by atoms with Gasteiger partial charge in [0.15, 0.2) is 0 Å². The van der Waals surface area contributed by atoms with Gasteiger partial charge in [0.1, 0.15) is 11.4 Å². The van der Waals surface area contributed by atoms with Gasteiger partial charge >= 0.3 is 0 Å². The van der Waals surface area contributed by atoms with Crippen LogP contribution in [0.25, 0.3) is 0 Å². The number of rotatable bonds is 7. The number of hydrogen-bond acceptors (Lipinski definition) is 6. The molecule has 3 rings (SSSR count). The lowest BCUT2D eigenvalue weighted by Crippen LogP contribution is -2.15. The van der Waals surface area contributed by atoms with Crippen LogP contribution in [0.2, 0.25) is 0 Å². The van der Waals surface area contributed by atoms with Crippen LogP contribution < -0.4 is 20.7 Å². The number of nitrogens with one attached hydrogen (secondary N) is 3. The van der Waals surface area contributed by atoms with Gasteiger partial charge in [0.2, 0.25) is 11.9 Å². The highest BCUT2D eigenvalue weighted by Crippen LogP contribution is 2.16. The molecule has 148 valence electrons. The van der Waals surface area contributed by atoms with Crippen LogP contribution in [-0.4, -0.2) is 28.9 Å². The maximum absolute atomic E-state index is 12.5. The Balaban J connectivity index is 1.63. The lowest BCUT2D eigenvalue weighted by Gasteiger charge is -2.09. The van der Waals surface area contributed by atoms with Crippen molar-refractivity contribution in [2.75, 3.05) is 23.1 Å². The summed E-state index contributed by atoms with van der Waals surface area (Å²) in [6.45, 7) is 1.93. The van der Waals surface area contributed by atoms with Crippen LogP contribution in [0, 0.1) is 0 Å². The number of carbonyl (C=O) groups is 2. The second kappa shape index (κ2) is 9.32. The van der Waals surface area contributed by atoms with Crippen molar-refractivity contribution in [3.8, 4) is 5.75 Å². The molecule has 8 heteroatoms. The van der Waals surface area contributed by atoms with Gasteiger partial charge in [-0.2, -0.15) is 0 Å². The van der Waals surface area contributed by atoms with Crippen molar-refractivity contribution in [3.05, 3.63) is 72.1 Å². The molecule has 0 saturated heterocycles. The first-order valence-electron chi connectivity index (χ1n) is 8.92. The van der Waals surface area contributed by atoms with Crippen LogP contribution in [0.3, 0.4) is 0 Å². The van der Waals surface area contributed by atoms with Gasteiger partial charge in [-0.1, -0.05) is 18.2 Å². The number of anilines is 3. The third-order valence-corrected chi connectivity index (χ3v) is 3.94. The van der Waals surface area contributed by atoms with Gasteiger partial charge in [-0.25, -0.2) is 9.97 Å². The number of carbonyl (C=O) groups excluding carboxylic acids is 2. The molecule has 1 heterocycles. The molecule has 0 aliphatic heterocycles. The van der Waals surface area contributed by atoms with Crippen molar-refractivity contribution >= 4 is 29.1 Å². The van der Waals surface area contributed by atoms with E-state index in [4.69, 9.17) is 4.74 Å². The number of nitrogens with zero attached hydrogens (tertiary/aromatic N) is 2. The summed E-state index contributed by atoms with van der Waals surface area (Å²) in [6.07, 6.45) is 1.52. The van der Waals surface area contributed by atoms with Crippen molar-refractivity contribution in [2.45, 2.75) is 13.5 Å². The Morgan fingerprint density at radius 2 is 1.72 bits per heavy atom. The number of hydrogen-bond donors (Lipinski definition) is 3. The average molecular weight is 391 g/mol. The van der Waals surface area contributed by atoms with Gasteiger partial charge < -0.3 is 20.7 Å². The zero-order chi connectivity index (χ0) is 20.6. The highest BCUT2D eigenvalue weighted by Gasteiger charge is 2.10. The minimum Gasteiger partial charge on any atom is -0.497 e. The van der Waals surface area contributed by atoms with E-state index in [1.165, 1.54) is 19.2 Å². The summed E-state index contributed by atoms with van der Waals surface area (Å²) >= 11 is 0. The SMILES string of the molecule is COc1ccc(CNc2nccc(C(=O)Nc3cccc(NC(C)=O)c3)n2)cc1. The van der Waals surface area contributed by atoms with Gasteiger partial charge in [-0.15, -0.1) is 0 Å². The van der Waals surface area contributed by atoms with Gasteiger partial charge in [-0.05, 0) is 42.0 Å². The number of aromatic nitrogens is 2. The normalized spacial score (nSPS) is 10.1. The van der Waals surface area contributed by atoms with Crippen molar-refractivity contribution in [1.82, 2.24) is 9.97 Å². The fourth-order valence-electron chi connectivity index (χ4n) is 2.57. The van der Waals surface area contributed by atoms with E-state index < -0.39 is 0 Å². The first-order chi connectivity index (χ1) is 14.0. The molecule has 0 atom stereocenters. The lowest BCUT2D eigenvalue weighted by molar-refractivity contribution is -0.114.